The van der Waals surface area contributed by atoms with Crippen LogP contribution in [0.5, 0.6) is 0 Å². The molecule has 0 spiro atoms. The minimum atomic E-state index is -1.19. The summed E-state index contributed by atoms with van der Waals surface area (Å²) in [5.41, 5.74) is 2.67. The summed E-state index contributed by atoms with van der Waals surface area (Å²) >= 11 is 1.46. The number of para-hydroxylation sites is 1. The van der Waals surface area contributed by atoms with E-state index in [1.54, 1.807) is 35.7 Å². The van der Waals surface area contributed by atoms with Gasteiger partial charge in [-0.3, -0.25) is 23.9 Å². The number of amides is 2. The van der Waals surface area contributed by atoms with Crippen molar-refractivity contribution in [2.75, 3.05) is 10.2 Å². The number of nitrogens with one attached hydrogen (secondary N) is 1. The molecular formula is C30H30N4O5S. The van der Waals surface area contributed by atoms with Crippen LogP contribution in [0.25, 0.3) is 5.69 Å². The Kier molecular flexibility index (Phi) is 7.44. The van der Waals surface area contributed by atoms with Crippen molar-refractivity contribution in [3.8, 4) is 5.69 Å². The number of carbonyl (C=O) groups is 3. The lowest BCUT2D eigenvalue weighted by Gasteiger charge is -2.27. The van der Waals surface area contributed by atoms with Gasteiger partial charge in [-0.25, -0.2) is 4.68 Å². The second-order valence-corrected chi connectivity index (χ2v) is 10.9. The quantitative estimate of drug-likeness (QED) is 0.336. The number of aryl methyl sites for hydroxylation is 1. The van der Waals surface area contributed by atoms with Crippen LogP contribution in [0, 0.1) is 19.8 Å². The van der Waals surface area contributed by atoms with Crippen LogP contribution in [0.2, 0.25) is 0 Å². The van der Waals surface area contributed by atoms with Crippen molar-refractivity contribution < 1.29 is 19.1 Å². The molecule has 3 unspecified atom stereocenters. The van der Waals surface area contributed by atoms with E-state index in [2.05, 4.69) is 5.32 Å². The Morgan fingerprint density at radius 1 is 0.975 bits per heavy atom. The number of benzene rings is 2. The lowest BCUT2D eigenvalue weighted by Crippen LogP contribution is -2.35. The van der Waals surface area contributed by atoms with Crippen LogP contribution in [-0.2, 0) is 26.2 Å². The second kappa shape index (κ2) is 11.0. The number of rotatable bonds is 7. The lowest BCUT2D eigenvalue weighted by atomic mass is 9.98. The minimum absolute atomic E-state index is 0.0385. The summed E-state index contributed by atoms with van der Waals surface area (Å²) in [5.74, 6) is -2.26. The summed E-state index contributed by atoms with van der Waals surface area (Å²) in [6.07, 6.45) is -1.23. The first-order valence-corrected chi connectivity index (χ1v) is 13.8. The average Bonchev–Trinajstić information content (AvgIpc) is 3.64. The highest BCUT2D eigenvalue weighted by Gasteiger charge is 2.47. The SMILES string of the molecule is Cc1ccc(N2C(=O)CC(C(=O)OC(C)C(=O)Nc3c(C)n(C)n(-c4ccccc4)c3=O)C2c2cccs2)cc1. The van der Waals surface area contributed by atoms with Gasteiger partial charge in [0.1, 0.15) is 5.69 Å². The Labute approximate surface area is 235 Å². The van der Waals surface area contributed by atoms with Crippen LogP contribution in [0.15, 0.2) is 76.9 Å². The molecule has 9 nitrogen and oxygen atoms in total. The van der Waals surface area contributed by atoms with E-state index < -0.39 is 35.5 Å². The lowest BCUT2D eigenvalue weighted by molar-refractivity contribution is -0.157. The third kappa shape index (κ3) is 4.98. The smallest absolute Gasteiger partial charge is 0.312 e. The summed E-state index contributed by atoms with van der Waals surface area (Å²) in [6.45, 7) is 5.14. The predicted molar refractivity (Wildman–Crippen MR) is 154 cm³/mol. The van der Waals surface area contributed by atoms with Crippen LogP contribution in [-0.4, -0.2) is 33.3 Å². The molecule has 0 bridgehead atoms. The fraction of sp³-hybridized carbons (Fsp3) is 0.267. The van der Waals surface area contributed by atoms with Gasteiger partial charge < -0.3 is 15.0 Å². The fourth-order valence-electron chi connectivity index (χ4n) is 4.99. The number of hydrogen-bond donors (Lipinski definition) is 1. The number of aromatic nitrogens is 2. The number of esters is 1. The van der Waals surface area contributed by atoms with Crippen molar-refractivity contribution >= 4 is 40.5 Å². The Morgan fingerprint density at radius 2 is 1.68 bits per heavy atom. The molecule has 2 aromatic carbocycles. The third-order valence-corrected chi connectivity index (χ3v) is 8.18. The molecule has 3 atom stereocenters. The summed E-state index contributed by atoms with van der Waals surface area (Å²) in [5, 5.41) is 4.54. The summed E-state index contributed by atoms with van der Waals surface area (Å²) in [4.78, 5) is 55.4. The molecule has 2 amide bonds. The van der Waals surface area contributed by atoms with Gasteiger partial charge in [0.2, 0.25) is 5.91 Å². The second-order valence-electron chi connectivity index (χ2n) is 9.88. The molecule has 2 aromatic heterocycles. The normalized spacial score (nSPS) is 17.6. The molecule has 0 radical (unpaired) electrons. The fourth-order valence-corrected chi connectivity index (χ4v) is 5.87. The van der Waals surface area contributed by atoms with Gasteiger partial charge in [-0.1, -0.05) is 42.0 Å². The summed E-state index contributed by atoms with van der Waals surface area (Å²) in [7, 11) is 1.73. The van der Waals surface area contributed by atoms with E-state index in [4.69, 9.17) is 4.74 Å². The number of carbonyl (C=O) groups excluding carboxylic acids is 3. The maximum Gasteiger partial charge on any atom is 0.312 e. The van der Waals surface area contributed by atoms with E-state index in [0.717, 1.165) is 10.4 Å². The average molecular weight is 559 g/mol. The van der Waals surface area contributed by atoms with Crippen LogP contribution in [0.4, 0.5) is 11.4 Å². The Hall–Kier alpha value is -4.44. The van der Waals surface area contributed by atoms with Crippen molar-refractivity contribution in [3.05, 3.63) is 98.6 Å². The highest BCUT2D eigenvalue weighted by Crippen LogP contribution is 2.43. The van der Waals surface area contributed by atoms with Gasteiger partial charge in [-0.05, 0) is 56.5 Å². The highest BCUT2D eigenvalue weighted by atomic mass is 32.1. The Morgan fingerprint density at radius 3 is 2.33 bits per heavy atom. The Bertz CT molecular complexity index is 1610. The van der Waals surface area contributed by atoms with Gasteiger partial charge in [-0.15, -0.1) is 11.3 Å². The molecule has 1 fully saturated rings. The Balaban J connectivity index is 1.35. The molecule has 10 heteroatoms. The van der Waals surface area contributed by atoms with Gasteiger partial charge in [0.05, 0.1) is 23.3 Å². The van der Waals surface area contributed by atoms with Crippen LogP contribution >= 0.6 is 11.3 Å². The monoisotopic (exact) mass is 558 g/mol. The maximum absolute atomic E-state index is 13.4. The molecule has 1 N–H and O–H groups in total. The van der Waals surface area contributed by atoms with E-state index in [9.17, 15) is 19.2 Å². The molecule has 1 aliphatic rings. The standard InChI is InChI=1S/C30H30N4O5S/c1-18-12-14-21(15-13-18)33-25(35)17-23(27(33)24-11-8-16-40-24)30(38)39-20(3)28(36)31-26-19(2)32(4)34(29(26)37)22-9-6-5-7-10-22/h5-16,20,23,27H,17H2,1-4H3,(H,31,36). The van der Waals surface area contributed by atoms with Crippen LogP contribution in [0.3, 0.4) is 0 Å². The molecule has 1 aliphatic heterocycles. The zero-order chi connectivity index (χ0) is 28.6. The van der Waals surface area contributed by atoms with Crippen LogP contribution in [0.1, 0.15) is 35.5 Å². The van der Waals surface area contributed by atoms with E-state index >= 15 is 0 Å². The van der Waals surface area contributed by atoms with Gasteiger partial charge >= 0.3 is 5.97 Å². The minimum Gasteiger partial charge on any atom is -0.452 e. The molecule has 0 aliphatic carbocycles. The molecule has 0 saturated carbocycles. The number of anilines is 2. The highest BCUT2D eigenvalue weighted by molar-refractivity contribution is 7.10. The van der Waals surface area contributed by atoms with Crippen molar-refractivity contribution in [2.24, 2.45) is 13.0 Å². The zero-order valence-corrected chi connectivity index (χ0v) is 23.5. The van der Waals surface area contributed by atoms with Gasteiger partial charge in [-0.2, -0.15) is 0 Å². The molecule has 4 aromatic rings. The van der Waals surface area contributed by atoms with Gasteiger partial charge in [0, 0.05) is 24.0 Å². The molecule has 40 heavy (non-hydrogen) atoms. The number of hydrogen-bond acceptors (Lipinski definition) is 6. The first kappa shape index (κ1) is 27.1. The zero-order valence-electron chi connectivity index (χ0n) is 22.7. The van der Waals surface area contributed by atoms with Gasteiger partial charge in [0.15, 0.2) is 6.10 Å². The van der Waals surface area contributed by atoms with E-state index in [1.807, 2.05) is 66.9 Å². The van der Waals surface area contributed by atoms with Crippen molar-refractivity contribution in [1.29, 1.82) is 0 Å². The van der Waals surface area contributed by atoms with E-state index in [-0.39, 0.29) is 18.0 Å². The van der Waals surface area contributed by atoms with Crippen LogP contribution < -0.4 is 15.8 Å². The first-order valence-electron chi connectivity index (χ1n) is 12.9. The molecular weight excluding hydrogens is 528 g/mol. The molecule has 3 heterocycles. The molecule has 5 rings (SSSR count). The topological polar surface area (TPSA) is 103 Å². The number of thiophene rings is 1. The number of ether oxygens (including phenoxy) is 1. The van der Waals surface area contributed by atoms with Crippen molar-refractivity contribution in [1.82, 2.24) is 9.36 Å². The first-order chi connectivity index (χ1) is 19.2. The van der Waals surface area contributed by atoms with Crippen molar-refractivity contribution in [2.45, 2.75) is 39.3 Å². The third-order valence-electron chi connectivity index (χ3n) is 7.24. The predicted octanol–water partition coefficient (Wildman–Crippen LogP) is 4.52. The number of nitrogens with zero attached hydrogens (tertiary/aromatic N) is 3. The van der Waals surface area contributed by atoms with E-state index in [1.165, 1.54) is 22.9 Å². The molecule has 1 saturated heterocycles. The largest absolute Gasteiger partial charge is 0.452 e. The molecule has 206 valence electrons. The van der Waals surface area contributed by atoms with E-state index in [0.29, 0.717) is 17.1 Å². The maximum atomic E-state index is 13.4. The summed E-state index contributed by atoms with van der Waals surface area (Å²) in [6, 6.07) is 19.9. The van der Waals surface area contributed by atoms with Gasteiger partial charge in [0.25, 0.3) is 11.5 Å². The summed E-state index contributed by atoms with van der Waals surface area (Å²) < 4.78 is 8.72. The van der Waals surface area contributed by atoms with Crippen molar-refractivity contribution in [3.63, 3.8) is 0 Å².